The van der Waals surface area contributed by atoms with E-state index in [4.69, 9.17) is 9.84 Å². The highest BCUT2D eigenvalue weighted by atomic mass is 32.2. The predicted octanol–water partition coefficient (Wildman–Crippen LogP) is 7.04. The summed E-state index contributed by atoms with van der Waals surface area (Å²) in [6.07, 6.45) is 0. The largest absolute Gasteiger partial charge is 0.465 e. The average molecular weight is 574 g/mol. The molecule has 0 aliphatic heterocycles. The molecule has 0 saturated heterocycles. The number of H-pyrrole nitrogens is 1. The highest BCUT2D eigenvalue weighted by Crippen LogP contribution is 2.41. The Morgan fingerprint density at radius 2 is 1.29 bits per heavy atom. The highest BCUT2D eigenvalue weighted by molar-refractivity contribution is 7.89. The quantitative estimate of drug-likeness (QED) is 0.250. The van der Waals surface area contributed by atoms with Crippen LogP contribution < -0.4 is 0 Å². The first kappa shape index (κ1) is 30.2. The fraction of sp³-hybridized carbons (Fsp3) is 0.333. The molecule has 1 heterocycles. The Hall–Kier alpha value is -3.75. The Morgan fingerprint density at radius 3 is 1.76 bits per heavy atom. The van der Waals surface area contributed by atoms with Crippen molar-refractivity contribution in [2.75, 3.05) is 21.2 Å². The van der Waals surface area contributed by atoms with Crippen LogP contribution in [0.2, 0.25) is 0 Å². The normalized spacial score (nSPS) is 12.5. The summed E-state index contributed by atoms with van der Waals surface area (Å²) in [6, 6.07) is 20.6. The van der Waals surface area contributed by atoms with Crippen molar-refractivity contribution in [2.45, 2.75) is 57.3 Å². The molecule has 0 spiro atoms. The molecule has 41 heavy (non-hydrogen) atoms. The van der Waals surface area contributed by atoms with E-state index in [2.05, 4.69) is 64.8 Å². The lowest BCUT2D eigenvalue weighted by Gasteiger charge is -2.26. The number of carbonyl (C=O) groups excluding carboxylic acids is 1. The van der Waals surface area contributed by atoms with Crippen LogP contribution in [-0.2, 0) is 25.6 Å². The van der Waals surface area contributed by atoms with Crippen LogP contribution in [-0.4, -0.2) is 50.1 Å². The highest BCUT2D eigenvalue weighted by Gasteiger charge is 2.25. The zero-order valence-electron chi connectivity index (χ0n) is 25.3. The van der Waals surface area contributed by atoms with Crippen molar-refractivity contribution >= 4 is 16.0 Å². The molecule has 0 atom stereocenters. The molecule has 4 rings (SSSR count). The van der Waals surface area contributed by atoms with Crippen molar-refractivity contribution in [1.29, 1.82) is 0 Å². The number of aromatic amines is 1. The Labute approximate surface area is 243 Å². The number of benzene rings is 3. The summed E-state index contributed by atoms with van der Waals surface area (Å²) in [5.41, 5.74) is 7.68. The van der Waals surface area contributed by atoms with Gasteiger partial charge in [-0.05, 0) is 63.9 Å². The van der Waals surface area contributed by atoms with Crippen LogP contribution in [0, 0.1) is 0 Å². The van der Waals surface area contributed by atoms with E-state index in [1.807, 2.05) is 24.3 Å². The molecule has 216 valence electrons. The number of aromatic nitrogens is 2. The van der Waals surface area contributed by atoms with Crippen molar-refractivity contribution in [3.63, 3.8) is 0 Å². The molecular formula is C33H39N3O4S. The standard InChI is InChI=1S/C33H39N3O4S/c1-32(2,3)25-18-24(19-26(20-25)33(4,5)6)30-28(21-14-16-27(17-15-21)41(38,39)36(7)8)29(34-35-30)22-10-12-23(13-11-22)31(37)40-9/h10-20H,1-9H3,(H,34,35). The van der Waals surface area contributed by atoms with Crippen LogP contribution in [0.4, 0.5) is 0 Å². The second-order valence-electron chi connectivity index (χ2n) is 12.5. The monoisotopic (exact) mass is 573 g/mol. The zero-order valence-corrected chi connectivity index (χ0v) is 26.1. The first-order valence-corrected chi connectivity index (χ1v) is 14.9. The summed E-state index contributed by atoms with van der Waals surface area (Å²) in [5.74, 6) is -0.411. The van der Waals surface area contributed by atoms with E-state index in [0.29, 0.717) is 11.3 Å². The third-order valence-electron chi connectivity index (χ3n) is 7.22. The molecule has 0 unspecified atom stereocenters. The van der Waals surface area contributed by atoms with Gasteiger partial charge in [-0.2, -0.15) is 5.10 Å². The maximum absolute atomic E-state index is 12.8. The van der Waals surface area contributed by atoms with Crippen molar-refractivity contribution in [2.24, 2.45) is 0 Å². The molecule has 0 aliphatic rings. The summed E-state index contributed by atoms with van der Waals surface area (Å²) < 4.78 is 31.6. The molecule has 1 N–H and O–H groups in total. The van der Waals surface area contributed by atoms with Crippen LogP contribution in [0.1, 0.15) is 63.0 Å². The van der Waals surface area contributed by atoms with E-state index >= 15 is 0 Å². The fourth-order valence-corrected chi connectivity index (χ4v) is 5.47. The summed E-state index contributed by atoms with van der Waals surface area (Å²) >= 11 is 0. The Kier molecular flexibility index (Phi) is 8.04. The van der Waals surface area contributed by atoms with Crippen molar-refractivity contribution in [1.82, 2.24) is 14.5 Å². The molecule has 3 aromatic carbocycles. The third-order valence-corrected chi connectivity index (χ3v) is 9.05. The van der Waals surface area contributed by atoms with E-state index < -0.39 is 16.0 Å². The third kappa shape index (κ3) is 6.14. The lowest BCUT2D eigenvalue weighted by atomic mass is 9.79. The van der Waals surface area contributed by atoms with E-state index in [9.17, 15) is 13.2 Å². The van der Waals surface area contributed by atoms with Gasteiger partial charge in [0.15, 0.2) is 0 Å². The maximum atomic E-state index is 12.8. The van der Waals surface area contributed by atoms with Gasteiger partial charge in [0.1, 0.15) is 5.69 Å². The Morgan fingerprint density at radius 1 is 0.780 bits per heavy atom. The van der Waals surface area contributed by atoms with Gasteiger partial charge in [-0.25, -0.2) is 17.5 Å². The number of hydrogen-bond acceptors (Lipinski definition) is 5. The molecule has 4 aromatic rings. The number of esters is 1. The molecule has 7 nitrogen and oxygen atoms in total. The van der Waals surface area contributed by atoms with Crippen LogP contribution >= 0.6 is 0 Å². The molecule has 0 fully saturated rings. The zero-order chi connectivity index (χ0) is 30.3. The lowest BCUT2D eigenvalue weighted by Crippen LogP contribution is -2.22. The number of methoxy groups -OCH3 is 1. The van der Waals surface area contributed by atoms with Crippen molar-refractivity contribution in [3.05, 3.63) is 83.4 Å². The molecule has 0 bridgehead atoms. The van der Waals surface area contributed by atoms with Gasteiger partial charge in [-0.1, -0.05) is 71.9 Å². The summed E-state index contributed by atoms with van der Waals surface area (Å²) in [6.45, 7) is 13.2. The number of nitrogens with one attached hydrogen (secondary N) is 1. The number of rotatable bonds is 6. The SMILES string of the molecule is COC(=O)c1ccc(-c2n[nH]c(-c3cc(C(C)(C)C)cc(C(C)(C)C)c3)c2-c2ccc(S(=O)(=O)N(C)C)cc2)cc1. The Bertz CT molecular complexity index is 1640. The van der Waals surface area contributed by atoms with Crippen molar-refractivity contribution < 1.29 is 17.9 Å². The van der Waals surface area contributed by atoms with Gasteiger partial charge < -0.3 is 4.74 Å². The van der Waals surface area contributed by atoms with Crippen molar-refractivity contribution in [3.8, 4) is 33.6 Å². The summed E-state index contributed by atoms with van der Waals surface area (Å²) in [4.78, 5) is 12.2. The second kappa shape index (κ2) is 10.9. The molecule has 0 radical (unpaired) electrons. The fourth-order valence-electron chi connectivity index (χ4n) is 4.57. The van der Waals surface area contributed by atoms with Gasteiger partial charge >= 0.3 is 5.97 Å². The molecular weight excluding hydrogens is 534 g/mol. The first-order valence-electron chi connectivity index (χ1n) is 13.5. The van der Waals surface area contributed by atoms with Gasteiger partial charge in [0.2, 0.25) is 10.0 Å². The number of hydrogen-bond donors (Lipinski definition) is 1. The molecule has 1 aromatic heterocycles. The van der Waals surface area contributed by atoms with E-state index in [0.717, 1.165) is 27.9 Å². The van der Waals surface area contributed by atoms with Crippen LogP contribution in [0.25, 0.3) is 33.6 Å². The van der Waals surface area contributed by atoms with E-state index in [1.54, 1.807) is 24.3 Å². The second-order valence-corrected chi connectivity index (χ2v) is 14.7. The number of ether oxygens (including phenoxy) is 1. The minimum atomic E-state index is -3.58. The molecule has 0 saturated carbocycles. The lowest BCUT2D eigenvalue weighted by molar-refractivity contribution is 0.0600. The van der Waals surface area contributed by atoms with Crippen LogP contribution in [0.15, 0.2) is 71.6 Å². The summed E-state index contributed by atoms with van der Waals surface area (Å²) in [7, 11) is 0.806. The number of sulfonamides is 1. The number of carbonyl (C=O) groups is 1. The van der Waals surface area contributed by atoms with E-state index in [1.165, 1.54) is 36.6 Å². The van der Waals surface area contributed by atoms with Gasteiger partial charge in [0.25, 0.3) is 0 Å². The summed E-state index contributed by atoms with van der Waals surface area (Å²) in [5, 5.41) is 8.04. The van der Waals surface area contributed by atoms with Gasteiger partial charge in [-0.3, -0.25) is 5.10 Å². The van der Waals surface area contributed by atoms with Gasteiger partial charge in [0, 0.05) is 30.8 Å². The predicted molar refractivity (Wildman–Crippen MR) is 165 cm³/mol. The first-order chi connectivity index (χ1) is 19.0. The smallest absolute Gasteiger partial charge is 0.337 e. The average Bonchev–Trinajstić information content (AvgIpc) is 3.36. The number of nitrogens with zero attached hydrogens (tertiary/aromatic N) is 2. The maximum Gasteiger partial charge on any atom is 0.337 e. The van der Waals surface area contributed by atoms with E-state index in [-0.39, 0.29) is 15.7 Å². The topological polar surface area (TPSA) is 92.4 Å². The molecule has 0 aliphatic carbocycles. The van der Waals surface area contributed by atoms with Gasteiger partial charge in [-0.15, -0.1) is 0 Å². The van der Waals surface area contributed by atoms with Gasteiger partial charge in [0.05, 0.1) is 23.3 Å². The molecule has 0 amide bonds. The minimum Gasteiger partial charge on any atom is -0.465 e. The van der Waals surface area contributed by atoms with Crippen LogP contribution in [0.5, 0.6) is 0 Å². The van der Waals surface area contributed by atoms with Crippen LogP contribution in [0.3, 0.4) is 0 Å². The molecule has 8 heteroatoms. The minimum absolute atomic E-state index is 0.0784. The Balaban J connectivity index is 1.98.